The van der Waals surface area contributed by atoms with Crippen LogP contribution in [0.15, 0.2) is 168 Å². The summed E-state index contributed by atoms with van der Waals surface area (Å²) in [5.41, 5.74) is 14.4. The first-order valence-electron chi connectivity index (χ1n) is 20.8. The number of aliphatic imine (C=N–C) groups is 2. The molecule has 0 amide bonds. The van der Waals surface area contributed by atoms with Crippen LogP contribution < -0.4 is 5.32 Å². The van der Waals surface area contributed by atoms with E-state index in [4.69, 9.17) is 9.98 Å². The summed E-state index contributed by atoms with van der Waals surface area (Å²) in [6, 6.07) is 56.8. The Morgan fingerprint density at radius 3 is 1.90 bits per heavy atom. The average molecular weight is 766 g/mol. The maximum absolute atomic E-state index is 5.11. The summed E-state index contributed by atoms with van der Waals surface area (Å²) in [6.07, 6.45) is -0.260. The largest absolute Gasteiger partial charge is 0.355 e. The van der Waals surface area contributed by atoms with Crippen molar-refractivity contribution in [2.24, 2.45) is 15.4 Å². The minimum absolute atomic E-state index is 0.0459. The fourth-order valence-electron chi connectivity index (χ4n) is 9.96. The molecule has 288 valence electrons. The van der Waals surface area contributed by atoms with Crippen molar-refractivity contribution in [2.45, 2.75) is 58.5 Å². The van der Waals surface area contributed by atoms with Crippen molar-refractivity contribution in [3.63, 3.8) is 0 Å². The summed E-state index contributed by atoms with van der Waals surface area (Å²) in [5, 5.41) is 8.67. The first kappa shape index (κ1) is 35.4. The highest BCUT2D eigenvalue weighted by molar-refractivity contribution is 6.14. The molecule has 0 bridgehead atoms. The Kier molecular flexibility index (Phi) is 7.59. The molecule has 0 spiro atoms. The molecule has 2 N–H and O–H groups in total. The Labute approximate surface area is 345 Å². The summed E-state index contributed by atoms with van der Waals surface area (Å²) in [5.74, 6) is 1.51. The standard InChI is InChI=1S/C54H47N5/c1-52(2)43-31-41-40-29-35(24-26-45(40)55-46(41)32-44(43)53(3,4)54(52,5)6)36-25-27-48-42(30-36)39-22-13-14-23-47(39)59(48)38-21-15-20-37(28-38)51-57-49(33-16-9-7-10-17-33)56-50(58-51)34-18-11-8-12-19-34/h7-32,49,55H,1-6H3,(H,56,57,58). The molecular formula is C54H47N5. The molecule has 0 radical (unpaired) electrons. The van der Waals surface area contributed by atoms with Gasteiger partial charge in [0.15, 0.2) is 5.84 Å². The molecule has 9 aromatic rings. The Morgan fingerprint density at radius 2 is 1.12 bits per heavy atom. The van der Waals surface area contributed by atoms with Crippen LogP contribution in [0.25, 0.3) is 60.4 Å². The highest BCUT2D eigenvalue weighted by Crippen LogP contribution is 2.62. The number of nitrogens with zero attached hydrogens (tertiary/aromatic N) is 3. The minimum Gasteiger partial charge on any atom is -0.355 e. The smallest absolute Gasteiger partial charge is 0.159 e. The van der Waals surface area contributed by atoms with Crippen LogP contribution in [-0.2, 0) is 10.8 Å². The van der Waals surface area contributed by atoms with Crippen molar-refractivity contribution in [2.75, 3.05) is 0 Å². The van der Waals surface area contributed by atoms with Crippen molar-refractivity contribution < 1.29 is 0 Å². The van der Waals surface area contributed by atoms with Gasteiger partial charge >= 0.3 is 0 Å². The number of benzene rings is 7. The van der Waals surface area contributed by atoms with Crippen LogP contribution in [0.3, 0.4) is 0 Å². The number of nitrogens with one attached hydrogen (secondary N) is 2. The molecular weight excluding hydrogens is 719 g/mol. The number of aromatic nitrogens is 2. The molecule has 5 heteroatoms. The lowest BCUT2D eigenvalue weighted by molar-refractivity contribution is 0.125. The lowest BCUT2D eigenvalue weighted by Crippen LogP contribution is -2.42. The number of amidine groups is 2. The Bertz CT molecular complexity index is 3210. The van der Waals surface area contributed by atoms with Crippen LogP contribution in [0, 0.1) is 5.41 Å². The zero-order valence-electron chi connectivity index (χ0n) is 34.4. The zero-order valence-corrected chi connectivity index (χ0v) is 34.4. The second-order valence-electron chi connectivity index (χ2n) is 18.1. The van der Waals surface area contributed by atoms with Gasteiger partial charge in [0.05, 0.1) is 11.0 Å². The summed E-state index contributed by atoms with van der Waals surface area (Å²) >= 11 is 0. The number of aromatic amines is 1. The second-order valence-corrected chi connectivity index (χ2v) is 18.1. The number of H-pyrrole nitrogens is 1. The van der Waals surface area contributed by atoms with Gasteiger partial charge in [0, 0.05) is 49.4 Å². The maximum Gasteiger partial charge on any atom is 0.159 e. The highest BCUT2D eigenvalue weighted by Gasteiger charge is 2.56. The molecule has 0 saturated carbocycles. The first-order chi connectivity index (χ1) is 28.5. The third-order valence-electron chi connectivity index (χ3n) is 14.5. The third kappa shape index (κ3) is 5.23. The van der Waals surface area contributed by atoms with E-state index in [9.17, 15) is 0 Å². The van der Waals surface area contributed by atoms with Crippen molar-refractivity contribution in [3.05, 3.63) is 186 Å². The number of fused-ring (bicyclic) bond motifs is 7. The van der Waals surface area contributed by atoms with Crippen molar-refractivity contribution >= 4 is 55.3 Å². The predicted octanol–water partition coefficient (Wildman–Crippen LogP) is 13.2. The van der Waals surface area contributed by atoms with E-state index in [1.165, 1.54) is 60.3 Å². The molecule has 1 atom stereocenters. The van der Waals surface area contributed by atoms with Gasteiger partial charge in [-0.2, -0.15) is 0 Å². The van der Waals surface area contributed by atoms with E-state index >= 15 is 0 Å². The molecule has 1 unspecified atom stereocenters. The lowest BCUT2D eigenvalue weighted by Gasteiger charge is -2.44. The molecule has 1 aliphatic heterocycles. The van der Waals surface area contributed by atoms with Gasteiger partial charge in [0.25, 0.3) is 0 Å². The fourth-order valence-corrected chi connectivity index (χ4v) is 9.96. The molecule has 0 saturated heterocycles. The van der Waals surface area contributed by atoms with Gasteiger partial charge in [0.1, 0.15) is 12.0 Å². The van der Waals surface area contributed by atoms with Gasteiger partial charge in [-0.05, 0) is 98.7 Å². The summed E-state index contributed by atoms with van der Waals surface area (Å²) < 4.78 is 2.39. The third-order valence-corrected chi connectivity index (χ3v) is 14.5. The fraction of sp³-hybridized carbons (Fsp3) is 0.185. The Morgan fingerprint density at radius 1 is 0.492 bits per heavy atom. The monoisotopic (exact) mass is 765 g/mol. The molecule has 5 nitrogen and oxygen atoms in total. The van der Waals surface area contributed by atoms with Crippen LogP contribution in [0.5, 0.6) is 0 Å². The van der Waals surface area contributed by atoms with Crippen molar-refractivity contribution in [3.8, 4) is 16.8 Å². The van der Waals surface area contributed by atoms with E-state index in [-0.39, 0.29) is 22.4 Å². The van der Waals surface area contributed by atoms with Crippen LogP contribution in [0.2, 0.25) is 0 Å². The molecule has 7 aromatic carbocycles. The highest BCUT2D eigenvalue weighted by atomic mass is 15.2. The number of rotatable bonds is 5. The average Bonchev–Trinajstić information content (AvgIpc) is 3.83. The van der Waals surface area contributed by atoms with Crippen LogP contribution in [0.1, 0.15) is 75.5 Å². The maximum atomic E-state index is 5.11. The van der Waals surface area contributed by atoms with Crippen LogP contribution >= 0.6 is 0 Å². The summed E-state index contributed by atoms with van der Waals surface area (Å²) in [7, 11) is 0. The van der Waals surface area contributed by atoms with Gasteiger partial charge in [-0.25, -0.2) is 9.98 Å². The van der Waals surface area contributed by atoms with E-state index in [1.54, 1.807) is 0 Å². The van der Waals surface area contributed by atoms with Crippen LogP contribution in [-0.4, -0.2) is 21.2 Å². The minimum atomic E-state index is -0.260. The number of para-hydroxylation sites is 1. The van der Waals surface area contributed by atoms with Gasteiger partial charge < -0.3 is 14.9 Å². The van der Waals surface area contributed by atoms with Gasteiger partial charge in [-0.3, -0.25) is 0 Å². The molecule has 59 heavy (non-hydrogen) atoms. The van der Waals surface area contributed by atoms with E-state index in [0.717, 1.165) is 39.6 Å². The quantitative estimate of drug-likeness (QED) is 0.180. The molecule has 2 aromatic heterocycles. The normalized spacial score (nSPS) is 17.9. The van der Waals surface area contributed by atoms with Crippen molar-refractivity contribution in [1.82, 2.24) is 14.9 Å². The SMILES string of the molecule is CC1(C)c2cc3[nH]c4ccc(-c5ccc6c(c5)c5ccccc5n6-c5cccc(C6=NC(c7ccccc7)=NC(c7ccccc7)N6)c5)cc4c3cc2C(C)(C)C1(C)C. The number of hydrogen-bond acceptors (Lipinski definition) is 3. The molecule has 1 aliphatic carbocycles. The Hall–Kier alpha value is -6.72. The predicted molar refractivity (Wildman–Crippen MR) is 247 cm³/mol. The van der Waals surface area contributed by atoms with Crippen molar-refractivity contribution in [1.29, 1.82) is 0 Å². The second kappa shape index (κ2) is 12.6. The van der Waals surface area contributed by atoms with E-state index in [2.05, 4.69) is 190 Å². The van der Waals surface area contributed by atoms with Gasteiger partial charge in [0.2, 0.25) is 0 Å². The molecule has 0 fully saturated rings. The van der Waals surface area contributed by atoms with E-state index < -0.39 is 0 Å². The van der Waals surface area contributed by atoms with Crippen LogP contribution in [0.4, 0.5) is 0 Å². The Balaban J connectivity index is 1.01. The van der Waals surface area contributed by atoms with Gasteiger partial charge in [-0.1, -0.05) is 145 Å². The van der Waals surface area contributed by atoms with E-state index in [1.807, 2.05) is 24.3 Å². The molecule has 2 aliphatic rings. The lowest BCUT2D eigenvalue weighted by atomic mass is 9.59. The summed E-state index contributed by atoms with van der Waals surface area (Å²) in [4.78, 5) is 13.9. The summed E-state index contributed by atoms with van der Waals surface area (Å²) in [6.45, 7) is 14.5. The molecule has 11 rings (SSSR count). The molecule has 3 heterocycles. The van der Waals surface area contributed by atoms with Gasteiger partial charge in [-0.15, -0.1) is 0 Å². The zero-order chi connectivity index (χ0) is 40.3. The first-order valence-corrected chi connectivity index (χ1v) is 20.8. The van der Waals surface area contributed by atoms with E-state index in [0.29, 0.717) is 0 Å². The number of hydrogen-bond donors (Lipinski definition) is 2. The topological polar surface area (TPSA) is 57.5 Å².